The van der Waals surface area contributed by atoms with Crippen LogP contribution in [0.4, 0.5) is 5.69 Å². The molecule has 1 N–H and O–H groups in total. The second kappa shape index (κ2) is 8.23. The maximum atomic E-state index is 12.8. The van der Waals surface area contributed by atoms with E-state index in [9.17, 15) is 14.7 Å². The summed E-state index contributed by atoms with van der Waals surface area (Å²) in [5.74, 6) is -1.21. The van der Waals surface area contributed by atoms with E-state index in [0.717, 1.165) is 4.47 Å². The molecule has 0 saturated carbocycles. The summed E-state index contributed by atoms with van der Waals surface area (Å²) in [6.07, 6.45) is -0.102. The number of rotatable bonds is 6. The van der Waals surface area contributed by atoms with E-state index in [4.69, 9.17) is 12.2 Å². The Labute approximate surface area is 175 Å². The Morgan fingerprint density at radius 3 is 2.68 bits per heavy atom. The first kappa shape index (κ1) is 20.2. The molecule has 1 unspecified atom stereocenters. The molecule has 9 nitrogen and oxygen atoms in total. The summed E-state index contributed by atoms with van der Waals surface area (Å²) in [6, 6.07) is 6.30. The van der Waals surface area contributed by atoms with Gasteiger partial charge < -0.3 is 19.8 Å². The van der Waals surface area contributed by atoms with Crippen molar-refractivity contribution >= 4 is 50.8 Å². The summed E-state index contributed by atoms with van der Waals surface area (Å²) in [5, 5.41) is 18.5. The summed E-state index contributed by atoms with van der Waals surface area (Å²) in [7, 11) is 1.56. The fourth-order valence-corrected chi connectivity index (χ4v) is 3.62. The first-order valence-electron chi connectivity index (χ1n) is 8.51. The molecule has 3 rings (SSSR count). The van der Waals surface area contributed by atoms with E-state index >= 15 is 0 Å². The van der Waals surface area contributed by atoms with Gasteiger partial charge in [0.25, 0.3) is 11.6 Å². The smallest absolute Gasteiger partial charge is 0.252 e. The zero-order chi connectivity index (χ0) is 20.4. The van der Waals surface area contributed by atoms with Gasteiger partial charge in [-0.25, -0.2) is 0 Å². The van der Waals surface area contributed by atoms with Crippen LogP contribution in [0.2, 0.25) is 0 Å². The molecule has 0 aliphatic carbocycles. The van der Waals surface area contributed by atoms with Crippen LogP contribution in [0, 0.1) is 0 Å². The first-order chi connectivity index (χ1) is 13.3. The van der Waals surface area contributed by atoms with E-state index in [-0.39, 0.29) is 35.6 Å². The number of aryl methyl sites for hydroxylation is 1. The first-order valence-corrected chi connectivity index (χ1v) is 9.71. The van der Waals surface area contributed by atoms with Gasteiger partial charge in [0.05, 0.1) is 11.7 Å². The summed E-state index contributed by atoms with van der Waals surface area (Å²) in [4.78, 5) is 28.3. The number of carbonyl (C=O) groups excluding carboxylic acids is 2. The van der Waals surface area contributed by atoms with Crippen LogP contribution >= 0.6 is 28.1 Å². The highest BCUT2D eigenvalue weighted by atomic mass is 79.9. The predicted molar refractivity (Wildman–Crippen MR) is 104 cm³/mol. The molecule has 1 aromatic heterocycles. The van der Waals surface area contributed by atoms with Crippen molar-refractivity contribution < 1.29 is 23.9 Å². The Morgan fingerprint density at radius 1 is 1.43 bits per heavy atom. The maximum absolute atomic E-state index is 12.8. The number of likely N-dealkylation sites (N-methyl/N-ethyl adjacent to an activating group) is 1. The lowest BCUT2D eigenvalue weighted by atomic mass is 10.1. The van der Waals surface area contributed by atoms with Crippen LogP contribution in [-0.4, -0.2) is 44.6 Å². The molecule has 0 radical (unpaired) electrons. The molecule has 11 heteroatoms. The Bertz CT molecular complexity index is 897. The molecule has 1 aromatic carbocycles. The van der Waals surface area contributed by atoms with Crippen molar-refractivity contribution in [2.45, 2.75) is 25.9 Å². The van der Waals surface area contributed by atoms with Crippen molar-refractivity contribution in [3.8, 4) is 5.95 Å². The van der Waals surface area contributed by atoms with Gasteiger partial charge in [-0.3, -0.25) is 14.5 Å². The number of benzene rings is 1. The van der Waals surface area contributed by atoms with E-state index in [1.165, 1.54) is 9.58 Å². The molecule has 0 spiro atoms. The Balaban J connectivity index is 1.79. The standard InChI is InChI=1S/C17H18BrN5O4S/c1-3-22-15(25)12(8-14(24)19-11-6-4-10(18)5-7-11)23(17(22)28)9-13-16(26)27-20-21(13)2/h4-7,12H,3,8-9H2,1-2H3,(H-,19,20,24,26). The molecular formula is C17H18BrN5O4S. The average molecular weight is 468 g/mol. The number of amides is 2. The van der Waals surface area contributed by atoms with Crippen LogP contribution in [0.25, 0.3) is 0 Å². The van der Waals surface area contributed by atoms with Crippen LogP contribution in [-0.2, 0) is 23.2 Å². The third kappa shape index (κ3) is 3.99. The van der Waals surface area contributed by atoms with Gasteiger partial charge in [0, 0.05) is 16.7 Å². The molecule has 2 aromatic rings. The number of hydrogen-bond donors (Lipinski definition) is 1. The Kier molecular flexibility index (Phi) is 5.94. The van der Waals surface area contributed by atoms with Gasteiger partial charge in [-0.2, -0.15) is 0 Å². The Morgan fingerprint density at radius 2 is 2.11 bits per heavy atom. The molecule has 1 fully saturated rings. The third-order valence-corrected chi connectivity index (χ3v) is 5.40. The number of aromatic nitrogens is 2. The zero-order valence-corrected chi connectivity index (χ0v) is 17.6. The second-order valence-electron chi connectivity index (χ2n) is 6.20. The number of halogens is 1. The number of nitrogens with one attached hydrogen (secondary N) is 1. The monoisotopic (exact) mass is 467 g/mol. The normalized spacial score (nSPS) is 16.8. The molecule has 2 amide bonds. The van der Waals surface area contributed by atoms with Crippen LogP contribution < -0.4 is 15.1 Å². The topological polar surface area (TPSA) is 106 Å². The van der Waals surface area contributed by atoms with Crippen LogP contribution in [0.3, 0.4) is 0 Å². The minimum atomic E-state index is -0.808. The van der Waals surface area contributed by atoms with Crippen molar-refractivity contribution in [1.29, 1.82) is 0 Å². The minimum Gasteiger partial charge on any atom is -0.539 e. The molecule has 1 saturated heterocycles. The van der Waals surface area contributed by atoms with Crippen LogP contribution in [0.15, 0.2) is 33.3 Å². The molecule has 0 bridgehead atoms. The number of nitrogens with zero attached hydrogens (tertiary/aromatic N) is 4. The maximum Gasteiger partial charge on any atom is 0.252 e. The van der Waals surface area contributed by atoms with Gasteiger partial charge in [0.2, 0.25) is 5.91 Å². The van der Waals surface area contributed by atoms with Gasteiger partial charge in [-0.05, 0) is 43.4 Å². The fraction of sp³-hybridized carbons (Fsp3) is 0.353. The van der Waals surface area contributed by atoms with Crippen LogP contribution in [0.5, 0.6) is 5.95 Å². The SMILES string of the molecule is CCN1C(=O)C(CC(=O)Nc2ccc(Br)cc2)N(Cc2c([O-])on[n+]2C)C1=S. The third-order valence-electron chi connectivity index (χ3n) is 4.42. The fourth-order valence-electron chi connectivity index (χ4n) is 2.94. The van der Waals surface area contributed by atoms with E-state index in [1.807, 2.05) is 0 Å². The molecule has 1 aliphatic heterocycles. The molecule has 2 heterocycles. The lowest BCUT2D eigenvalue weighted by molar-refractivity contribution is -0.746. The largest absolute Gasteiger partial charge is 0.539 e. The Hall–Kier alpha value is -2.53. The van der Waals surface area contributed by atoms with Crippen molar-refractivity contribution in [2.75, 3.05) is 11.9 Å². The molecule has 148 valence electrons. The number of anilines is 1. The van der Waals surface area contributed by atoms with Gasteiger partial charge in [0.1, 0.15) is 12.6 Å². The lowest BCUT2D eigenvalue weighted by Gasteiger charge is -2.22. The lowest BCUT2D eigenvalue weighted by Crippen LogP contribution is -2.42. The highest BCUT2D eigenvalue weighted by Crippen LogP contribution is 2.24. The molecular weight excluding hydrogens is 450 g/mol. The molecule has 28 heavy (non-hydrogen) atoms. The van der Waals surface area contributed by atoms with E-state index in [2.05, 4.69) is 31.0 Å². The zero-order valence-electron chi connectivity index (χ0n) is 15.2. The number of carbonyl (C=O) groups is 2. The van der Waals surface area contributed by atoms with E-state index in [0.29, 0.717) is 12.2 Å². The van der Waals surface area contributed by atoms with Gasteiger partial charge in [-0.15, -0.1) is 0 Å². The predicted octanol–water partition coefficient (Wildman–Crippen LogP) is 0.682. The van der Waals surface area contributed by atoms with Crippen molar-refractivity contribution in [3.63, 3.8) is 0 Å². The van der Waals surface area contributed by atoms with Gasteiger partial charge in [0.15, 0.2) is 18.1 Å². The van der Waals surface area contributed by atoms with Gasteiger partial charge in [-0.1, -0.05) is 20.6 Å². The number of hydrogen-bond acceptors (Lipinski definition) is 6. The van der Waals surface area contributed by atoms with Crippen LogP contribution in [0.1, 0.15) is 19.0 Å². The highest BCUT2D eigenvalue weighted by molar-refractivity contribution is 9.10. The summed E-state index contributed by atoms with van der Waals surface area (Å²) < 4.78 is 6.82. The summed E-state index contributed by atoms with van der Waals surface area (Å²) in [5.41, 5.74) is 0.860. The van der Waals surface area contributed by atoms with Crippen molar-refractivity contribution in [3.05, 3.63) is 34.4 Å². The average Bonchev–Trinajstić information content (AvgIpc) is 3.08. The second-order valence-corrected chi connectivity index (χ2v) is 7.48. The summed E-state index contributed by atoms with van der Waals surface area (Å²) >= 11 is 8.74. The summed E-state index contributed by atoms with van der Waals surface area (Å²) in [6.45, 7) is 2.19. The number of thiocarbonyl (C=S) groups is 1. The van der Waals surface area contributed by atoms with Crippen molar-refractivity contribution in [2.24, 2.45) is 7.05 Å². The van der Waals surface area contributed by atoms with Crippen molar-refractivity contribution in [1.82, 2.24) is 15.1 Å². The van der Waals surface area contributed by atoms with E-state index in [1.54, 1.807) is 43.1 Å². The van der Waals surface area contributed by atoms with E-state index < -0.39 is 12.0 Å². The van der Waals surface area contributed by atoms with Gasteiger partial charge >= 0.3 is 0 Å². The molecule has 1 aliphatic rings. The minimum absolute atomic E-state index is 0.0239. The quantitative estimate of drug-likeness (QED) is 0.491. The molecule has 1 atom stereocenters. The highest BCUT2D eigenvalue weighted by Gasteiger charge is 2.44.